The molecule has 0 unspecified atom stereocenters. The van der Waals surface area contributed by atoms with Crippen LogP contribution in [0.1, 0.15) is 25.0 Å². The van der Waals surface area contributed by atoms with Crippen molar-refractivity contribution in [2.24, 2.45) is 0 Å². The molecule has 0 fully saturated rings. The van der Waals surface area contributed by atoms with Crippen LogP contribution in [0.5, 0.6) is 0 Å². The summed E-state index contributed by atoms with van der Waals surface area (Å²) in [6.45, 7) is 5.85. The lowest BCUT2D eigenvalue weighted by Gasteiger charge is -2.21. The molecule has 1 aromatic rings. The number of esters is 1. The van der Waals surface area contributed by atoms with E-state index >= 15 is 0 Å². The van der Waals surface area contributed by atoms with Gasteiger partial charge in [-0.1, -0.05) is 29.8 Å². The Morgan fingerprint density at radius 3 is 2.20 bits per heavy atom. The summed E-state index contributed by atoms with van der Waals surface area (Å²) < 4.78 is 5.21. The molecule has 0 radical (unpaired) electrons. The zero-order valence-electron chi connectivity index (χ0n) is 9.20. The summed E-state index contributed by atoms with van der Waals surface area (Å²) in [6.07, 6.45) is 1.57. The van der Waals surface area contributed by atoms with Crippen molar-refractivity contribution >= 4 is 11.5 Å². The van der Waals surface area contributed by atoms with E-state index in [-0.39, 0.29) is 5.97 Å². The second-order valence-electron chi connectivity index (χ2n) is 4.36. The van der Waals surface area contributed by atoms with Gasteiger partial charge in [0, 0.05) is 11.6 Å². The third kappa shape index (κ3) is 1.80. The summed E-state index contributed by atoms with van der Waals surface area (Å²) >= 11 is 0. The maximum atomic E-state index is 11.2. The van der Waals surface area contributed by atoms with Gasteiger partial charge in [-0.15, -0.1) is 0 Å². The molecule has 0 spiro atoms. The number of aryl methyl sites for hydroxylation is 1. The van der Waals surface area contributed by atoms with E-state index in [1.807, 2.05) is 45.0 Å². The molecule has 0 amide bonds. The lowest BCUT2D eigenvalue weighted by molar-refractivity contribution is -0.142. The smallest absolute Gasteiger partial charge is 0.332 e. The number of cyclic esters (lactones) is 1. The highest BCUT2D eigenvalue weighted by Gasteiger charge is 2.34. The number of carbonyl (C=O) groups excluding carboxylic acids is 1. The van der Waals surface area contributed by atoms with Crippen molar-refractivity contribution < 1.29 is 9.53 Å². The van der Waals surface area contributed by atoms with Crippen molar-refractivity contribution in [1.29, 1.82) is 0 Å². The molecular formula is C13H14O2. The Balaban J connectivity index is 2.43. The van der Waals surface area contributed by atoms with Crippen molar-refractivity contribution in [1.82, 2.24) is 0 Å². The zero-order chi connectivity index (χ0) is 11.1. The number of hydrogen-bond donors (Lipinski definition) is 0. The Morgan fingerprint density at radius 2 is 1.73 bits per heavy atom. The van der Waals surface area contributed by atoms with Crippen molar-refractivity contribution in [3.05, 3.63) is 41.5 Å². The maximum absolute atomic E-state index is 11.2. The average Bonchev–Trinajstić information content (AvgIpc) is 2.41. The van der Waals surface area contributed by atoms with E-state index in [1.54, 1.807) is 6.08 Å². The lowest BCUT2D eigenvalue weighted by atomic mass is 9.92. The number of ether oxygens (including phenoxy) is 1. The fourth-order valence-electron chi connectivity index (χ4n) is 1.79. The van der Waals surface area contributed by atoms with Gasteiger partial charge in [-0.25, -0.2) is 4.79 Å². The highest BCUT2D eigenvalue weighted by Crippen LogP contribution is 2.34. The third-order valence-electron chi connectivity index (χ3n) is 2.63. The number of hydrogen-bond acceptors (Lipinski definition) is 2. The van der Waals surface area contributed by atoms with Gasteiger partial charge in [0.05, 0.1) is 0 Å². The molecular weight excluding hydrogens is 188 g/mol. The van der Waals surface area contributed by atoms with Crippen LogP contribution in [0.3, 0.4) is 0 Å². The van der Waals surface area contributed by atoms with Crippen LogP contribution in [-0.2, 0) is 9.53 Å². The van der Waals surface area contributed by atoms with E-state index in [0.717, 1.165) is 11.1 Å². The molecule has 78 valence electrons. The minimum Gasteiger partial charge on any atom is -0.452 e. The van der Waals surface area contributed by atoms with Gasteiger partial charge in [-0.2, -0.15) is 0 Å². The quantitative estimate of drug-likeness (QED) is 0.654. The number of carbonyl (C=O) groups is 1. The van der Waals surface area contributed by atoms with E-state index < -0.39 is 5.60 Å². The molecule has 2 heteroatoms. The lowest BCUT2D eigenvalue weighted by Crippen LogP contribution is -2.22. The Labute approximate surface area is 89.6 Å². The first kappa shape index (κ1) is 9.97. The molecule has 1 heterocycles. The molecule has 2 rings (SSSR count). The molecule has 0 aliphatic carbocycles. The molecule has 2 nitrogen and oxygen atoms in total. The van der Waals surface area contributed by atoms with E-state index in [0.29, 0.717) is 0 Å². The van der Waals surface area contributed by atoms with Gasteiger partial charge >= 0.3 is 5.97 Å². The topological polar surface area (TPSA) is 26.3 Å². The van der Waals surface area contributed by atoms with Gasteiger partial charge in [0.15, 0.2) is 0 Å². The summed E-state index contributed by atoms with van der Waals surface area (Å²) in [4.78, 5) is 11.2. The highest BCUT2D eigenvalue weighted by atomic mass is 16.6. The first-order valence-electron chi connectivity index (χ1n) is 5.01. The number of benzene rings is 1. The van der Waals surface area contributed by atoms with Gasteiger partial charge in [0.25, 0.3) is 0 Å². The van der Waals surface area contributed by atoms with E-state index in [9.17, 15) is 4.79 Å². The molecule has 1 aliphatic heterocycles. The van der Waals surface area contributed by atoms with Gasteiger partial charge in [0.2, 0.25) is 0 Å². The Bertz CT molecular complexity index is 424. The van der Waals surface area contributed by atoms with Crippen LogP contribution < -0.4 is 0 Å². The van der Waals surface area contributed by atoms with Crippen LogP contribution in [0.4, 0.5) is 0 Å². The predicted molar refractivity (Wildman–Crippen MR) is 59.3 cm³/mol. The summed E-state index contributed by atoms with van der Waals surface area (Å²) in [6, 6.07) is 8.11. The summed E-state index contributed by atoms with van der Waals surface area (Å²) in [5.74, 6) is -0.254. The Kier molecular flexibility index (Phi) is 2.14. The standard InChI is InChI=1S/C13H14O2/c1-9-4-6-10(7-5-9)11-8-12(14)15-13(11,2)3/h4-8H,1-3H3. The zero-order valence-corrected chi connectivity index (χ0v) is 9.20. The minimum atomic E-state index is -0.508. The van der Waals surface area contributed by atoms with Crippen LogP contribution in [0.15, 0.2) is 30.3 Å². The predicted octanol–water partition coefficient (Wildman–Crippen LogP) is 2.71. The SMILES string of the molecule is Cc1ccc(C2=CC(=O)OC2(C)C)cc1. The van der Waals surface area contributed by atoms with E-state index in [2.05, 4.69) is 0 Å². The van der Waals surface area contributed by atoms with Crippen LogP contribution in [-0.4, -0.2) is 11.6 Å². The van der Waals surface area contributed by atoms with Crippen molar-refractivity contribution in [2.45, 2.75) is 26.4 Å². The summed E-state index contributed by atoms with van der Waals surface area (Å²) in [7, 11) is 0. The number of rotatable bonds is 1. The maximum Gasteiger partial charge on any atom is 0.332 e. The van der Waals surface area contributed by atoms with Crippen LogP contribution >= 0.6 is 0 Å². The Hall–Kier alpha value is -1.57. The van der Waals surface area contributed by atoms with Crippen LogP contribution in [0.25, 0.3) is 5.57 Å². The fourth-order valence-corrected chi connectivity index (χ4v) is 1.79. The largest absolute Gasteiger partial charge is 0.452 e. The second kappa shape index (κ2) is 3.23. The monoisotopic (exact) mass is 202 g/mol. The minimum absolute atomic E-state index is 0.254. The Morgan fingerprint density at radius 1 is 1.13 bits per heavy atom. The van der Waals surface area contributed by atoms with Crippen LogP contribution in [0, 0.1) is 6.92 Å². The molecule has 1 aromatic carbocycles. The van der Waals surface area contributed by atoms with Crippen molar-refractivity contribution in [3.8, 4) is 0 Å². The third-order valence-corrected chi connectivity index (χ3v) is 2.63. The second-order valence-corrected chi connectivity index (χ2v) is 4.36. The normalized spacial score (nSPS) is 18.6. The average molecular weight is 202 g/mol. The molecule has 0 bridgehead atoms. The van der Waals surface area contributed by atoms with E-state index in [4.69, 9.17) is 4.74 Å². The summed E-state index contributed by atoms with van der Waals surface area (Å²) in [5, 5.41) is 0. The molecule has 0 saturated carbocycles. The molecule has 1 aliphatic rings. The summed E-state index contributed by atoms with van der Waals surface area (Å²) in [5.41, 5.74) is 2.71. The van der Waals surface area contributed by atoms with Crippen molar-refractivity contribution in [2.75, 3.05) is 0 Å². The van der Waals surface area contributed by atoms with Gasteiger partial charge in [-0.05, 0) is 26.3 Å². The molecule has 0 atom stereocenters. The molecule has 0 aromatic heterocycles. The molecule has 0 saturated heterocycles. The van der Waals surface area contributed by atoms with E-state index in [1.165, 1.54) is 5.56 Å². The highest BCUT2D eigenvalue weighted by molar-refractivity contribution is 5.98. The first-order chi connectivity index (χ1) is 6.99. The van der Waals surface area contributed by atoms with Gasteiger partial charge < -0.3 is 4.74 Å². The van der Waals surface area contributed by atoms with Crippen molar-refractivity contribution in [3.63, 3.8) is 0 Å². The van der Waals surface area contributed by atoms with Gasteiger partial charge in [0.1, 0.15) is 5.60 Å². The molecule has 0 N–H and O–H groups in total. The fraction of sp³-hybridized carbons (Fsp3) is 0.308. The first-order valence-corrected chi connectivity index (χ1v) is 5.01. The molecule has 15 heavy (non-hydrogen) atoms. The van der Waals surface area contributed by atoms with Crippen LogP contribution in [0.2, 0.25) is 0 Å². The van der Waals surface area contributed by atoms with Gasteiger partial charge in [-0.3, -0.25) is 0 Å².